The molecule has 1 N–H and O–H groups in total. The summed E-state index contributed by atoms with van der Waals surface area (Å²) in [5.74, 6) is -0.498. The second-order valence-electron chi connectivity index (χ2n) is 5.23. The van der Waals surface area contributed by atoms with Crippen LogP contribution in [0.25, 0.3) is 0 Å². The minimum absolute atomic E-state index is 0.0583. The van der Waals surface area contributed by atoms with E-state index >= 15 is 0 Å². The van der Waals surface area contributed by atoms with Crippen LogP contribution in [0.5, 0.6) is 0 Å². The van der Waals surface area contributed by atoms with Crippen LogP contribution in [0, 0.1) is 5.41 Å². The number of aromatic nitrogens is 2. The van der Waals surface area contributed by atoms with Crippen molar-refractivity contribution in [3.05, 3.63) is 18.1 Å². The maximum Gasteiger partial charge on any atom is 0.358 e. The van der Waals surface area contributed by atoms with Crippen molar-refractivity contribution in [3.63, 3.8) is 0 Å². The summed E-state index contributed by atoms with van der Waals surface area (Å²) in [4.78, 5) is 21.4. The maximum absolute atomic E-state index is 11.2. The van der Waals surface area contributed by atoms with Crippen LogP contribution >= 0.6 is 0 Å². The summed E-state index contributed by atoms with van der Waals surface area (Å²) in [6, 6.07) is 0. The lowest BCUT2D eigenvalue weighted by Crippen LogP contribution is -2.40. The largest absolute Gasteiger partial charge is 0.476 e. The quantitative estimate of drug-likeness (QED) is 0.904. The van der Waals surface area contributed by atoms with E-state index in [2.05, 4.69) is 28.7 Å². The number of piperidine rings is 1. The molecule has 0 unspecified atom stereocenters. The van der Waals surface area contributed by atoms with Crippen molar-refractivity contribution in [2.45, 2.75) is 39.5 Å². The van der Waals surface area contributed by atoms with Crippen molar-refractivity contribution in [1.82, 2.24) is 9.97 Å². The van der Waals surface area contributed by atoms with Crippen molar-refractivity contribution in [2.75, 3.05) is 18.0 Å². The van der Waals surface area contributed by atoms with Gasteiger partial charge in [0.2, 0.25) is 0 Å². The normalized spacial score (nSPS) is 18.3. The highest BCUT2D eigenvalue weighted by atomic mass is 16.4. The van der Waals surface area contributed by atoms with Gasteiger partial charge in [-0.15, -0.1) is 0 Å². The van der Waals surface area contributed by atoms with Crippen LogP contribution in [0.2, 0.25) is 0 Å². The Kier molecular flexibility index (Phi) is 4.02. The van der Waals surface area contributed by atoms with Crippen molar-refractivity contribution in [2.24, 2.45) is 5.41 Å². The molecule has 5 heteroatoms. The fourth-order valence-corrected chi connectivity index (χ4v) is 2.86. The molecule has 0 spiro atoms. The van der Waals surface area contributed by atoms with Gasteiger partial charge in [-0.05, 0) is 18.3 Å². The van der Waals surface area contributed by atoms with Gasteiger partial charge in [-0.2, -0.15) is 0 Å². The second-order valence-corrected chi connectivity index (χ2v) is 5.23. The van der Waals surface area contributed by atoms with Gasteiger partial charge < -0.3 is 10.0 Å². The molecule has 1 aliphatic heterocycles. The van der Waals surface area contributed by atoms with Crippen LogP contribution in [0.1, 0.15) is 50.0 Å². The lowest BCUT2D eigenvalue weighted by Gasteiger charge is -2.41. The van der Waals surface area contributed by atoms with Crippen molar-refractivity contribution in [3.8, 4) is 0 Å². The van der Waals surface area contributed by atoms with E-state index in [1.165, 1.54) is 19.0 Å². The highest BCUT2D eigenvalue weighted by molar-refractivity contribution is 5.90. The topological polar surface area (TPSA) is 66.3 Å². The van der Waals surface area contributed by atoms with Crippen LogP contribution in [-0.4, -0.2) is 34.1 Å². The summed E-state index contributed by atoms with van der Waals surface area (Å²) in [6.45, 7) is 6.20. The lowest BCUT2D eigenvalue weighted by molar-refractivity contribution is 0.0690. The molecule has 0 aromatic carbocycles. The number of nitrogens with zero attached hydrogens (tertiary/aromatic N) is 3. The van der Waals surface area contributed by atoms with E-state index in [9.17, 15) is 4.79 Å². The highest BCUT2D eigenvalue weighted by Gasteiger charge is 2.32. The highest BCUT2D eigenvalue weighted by Crippen LogP contribution is 2.39. The first-order chi connectivity index (χ1) is 9.12. The lowest BCUT2D eigenvalue weighted by atomic mass is 9.74. The molecule has 1 fully saturated rings. The van der Waals surface area contributed by atoms with Gasteiger partial charge in [0.1, 0.15) is 0 Å². The number of hydrogen-bond donors (Lipinski definition) is 1. The molecule has 1 aromatic rings. The smallest absolute Gasteiger partial charge is 0.358 e. The second kappa shape index (κ2) is 5.55. The number of hydrogen-bond acceptors (Lipinski definition) is 4. The Morgan fingerprint density at radius 3 is 2.37 bits per heavy atom. The van der Waals surface area contributed by atoms with Gasteiger partial charge >= 0.3 is 5.97 Å². The van der Waals surface area contributed by atoms with Crippen LogP contribution < -0.4 is 4.90 Å². The van der Waals surface area contributed by atoms with E-state index in [4.69, 9.17) is 5.11 Å². The van der Waals surface area contributed by atoms with Crippen LogP contribution in [-0.2, 0) is 0 Å². The standard InChI is InChI=1S/C14H21N3O2/c1-3-14(4-2)5-9-17(10-6-14)12-11(13(18)19)15-7-8-16-12/h7-8H,3-6,9-10H2,1-2H3,(H,18,19). The van der Waals surface area contributed by atoms with Crippen molar-refractivity contribution >= 4 is 11.8 Å². The van der Waals surface area contributed by atoms with Crippen LogP contribution in [0.4, 0.5) is 5.82 Å². The summed E-state index contributed by atoms with van der Waals surface area (Å²) in [5, 5.41) is 9.16. The van der Waals surface area contributed by atoms with E-state index in [1.807, 2.05) is 0 Å². The summed E-state index contributed by atoms with van der Waals surface area (Å²) in [7, 11) is 0. The summed E-state index contributed by atoms with van der Waals surface area (Å²) >= 11 is 0. The first kappa shape index (κ1) is 13.8. The first-order valence-electron chi connectivity index (χ1n) is 6.91. The SMILES string of the molecule is CCC1(CC)CCN(c2nccnc2C(=O)O)CC1. The third kappa shape index (κ3) is 2.69. The van der Waals surface area contributed by atoms with Gasteiger partial charge in [0.25, 0.3) is 0 Å². The summed E-state index contributed by atoms with van der Waals surface area (Å²) < 4.78 is 0. The average molecular weight is 263 g/mol. The molecule has 2 rings (SSSR count). The summed E-state index contributed by atoms with van der Waals surface area (Å²) in [6.07, 6.45) is 7.54. The molecule has 19 heavy (non-hydrogen) atoms. The molecular formula is C14H21N3O2. The zero-order valence-electron chi connectivity index (χ0n) is 11.6. The molecule has 0 aliphatic carbocycles. The minimum Gasteiger partial charge on any atom is -0.476 e. The van der Waals surface area contributed by atoms with Gasteiger partial charge in [-0.3, -0.25) is 0 Å². The van der Waals surface area contributed by atoms with Gasteiger partial charge in [-0.25, -0.2) is 14.8 Å². The number of rotatable bonds is 4. The van der Waals surface area contributed by atoms with Crippen LogP contribution in [0.15, 0.2) is 12.4 Å². The van der Waals surface area contributed by atoms with Gasteiger partial charge in [0.15, 0.2) is 11.5 Å². The Hall–Kier alpha value is -1.65. The zero-order chi connectivity index (χ0) is 13.9. The van der Waals surface area contributed by atoms with E-state index < -0.39 is 5.97 Å². The minimum atomic E-state index is -1.01. The molecular weight excluding hydrogens is 242 g/mol. The number of carbonyl (C=O) groups is 1. The predicted molar refractivity (Wildman–Crippen MR) is 73.5 cm³/mol. The molecule has 1 saturated heterocycles. The Balaban J connectivity index is 2.16. The van der Waals surface area contributed by atoms with E-state index in [1.54, 1.807) is 6.20 Å². The Morgan fingerprint density at radius 2 is 1.84 bits per heavy atom. The van der Waals surface area contributed by atoms with Gasteiger partial charge in [0, 0.05) is 25.5 Å². The zero-order valence-corrected chi connectivity index (χ0v) is 11.6. The van der Waals surface area contributed by atoms with E-state index in [0.29, 0.717) is 11.2 Å². The monoisotopic (exact) mass is 263 g/mol. The number of carboxylic acids is 1. The molecule has 0 atom stereocenters. The molecule has 1 aliphatic rings. The molecule has 2 heterocycles. The Bertz CT molecular complexity index is 448. The molecule has 0 saturated carbocycles. The van der Waals surface area contributed by atoms with Crippen molar-refractivity contribution in [1.29, 1.82) is 0 Å². The van der Waals surface area contributed by atoms with Gasteiger partial charge in [0.05, 0.1) is 0 Å². The fraction of sp³-hybridized carbons (Fsp3) is 0.643. The number of carboxylic acid groups (broad SMARTS) is 1. The average Bonchev–Trinajstić information content (AvgIpc) is 2.47. The van der Waals surface area contributed by atoms with E-state index in [-0.39, 0.29) is 5.69 Å². The van der Waals surface area contributed by atoms with E-state index in [0.717, 1.165) is 25.9 Å². The molecule has 0 radical (unpaired) electrons. The molecule has 5 nitrogen and oxygen atoms in total. The molecule has 0 amide bonds. The summed E-state index contributed by atoms with van der Waals surface area (Å²) in [5.41, 5.74) is 0.477. The third-order valence-corrected chi connectivity index (χ3v) is 4.51. The third-order valence-electron chi connectivity index (χ3n) is 4.51. The Morgan fingerprint density at radius 1 is 1.26 bits per heavy atom. The molecule has 0 bridgehead atoms. The van der Waals surface area contributed by atoms with Crippen LogP contribution in [0.3, 0.4) is 0 Å². The first-order valence-corrected chi connectivity index (χ1v) is 6.91. The predicted octanol–water partition coefficient (Wildman–Crippen LogP) is 2.58. The van der Waals surface area contributed by atoms with Crippen molar-refractivity contribution < 1.29 is 9.90 Å². The number of anilines is 1. The molecule has 1 aromatic heterocycles. The number of aromatic carboxylic acids is 1. The van der Waals surface area contributed by atoms with Gasteiger partial charge in [-0.1, -0.05) is 26.7 Å². The fourth-order valence-electron chi connectivity index (χ4n) is 2.86. The molecule has 104 valence electrons. The Labute approximate surface area is 113 Å². The maximum atomic E-state index is 11.2.